The van der Waals surface area contributed by atoms with Crippen LogP contribution in [0.3, 0.4) is 0 Å². The zero-order valence-electron chi connectivity index (χ0n) is 16.9. The molecule has 0 aromatic heterocycles. The highest BCUT2D eigenvalue weighted by Gasteiger charge is 2.21. The van der Waals surface area contributed by atoms with Crippen LogP contribution in [-0.4, -0.2) is 67.6 Å². The first-order chi connectivity index (χ1) is 12.4. The predicted octanol–water partition coefficient (Wildman–Crippen LogP) is 0.589. The van der Waals surface area contributed by atoms with Gasteiger partial charge in [0.2, 0.25) is 11.8 Å². The maximum absolute atomic E-state index is 12.0. The van der Waals surface area contributed by atoms with E-state index in [0.29, 0.717) is 44.6 Å². The van der Waals surface area contributed by atoms with Gasteiger partial charge in [0, 0.05) is 38.3 Å². The SMILES string of the molecule is CCCCNC(=O)[C@@H](N)CCCNC(=O)CN1CCC(NC(C)C)CC1. The van der Waals surface area contributed by atoms with Crippen LogP contribution in [0.15, 0.2) is 0 Å². The lowest BCUT2D eigenvalue weighted by molar-refractivity contribution is -0.122. The van der Waals surface area contributed by atoms with Gasteiger partial charge in [-0.3, -0.25) is 14.5 Å². The standard InChI is InChI=1S/C19H39N5O2/c1-4-5-10-22-19(26)17(20)7-6-11-21-18(25)14-24-12-8-16(9-13-24)23-15(2)3/h15-17,23H,4-14,20H2,1-3H3,(H,21,25)(H,22,26)/t17-/m0/s1. The number of amides is 2. The Morgan fingerprint density at radius 2 is 1.77 bits per heavy atom. The highest BCUT2D eigenvalue weighted by molar-refractivity contribution is 5.81. The molecule has 0 unspecified atom stereocenters. The van der Waals surface area contributed by atoms with Crippen LogP contribution in [0.2, 0.25) is 0 Å². The molecule has 1 heterocycles. The second-order valence-corrected chi connectivity index (χ2v) is 7.62. The summed E-state index contributed by atoms with van der Waals surface area (Å²) < 4.78 is 0. The summed E-state index contributed by atoms with van der Waals surface area (Å²) in [5.74, 6) is -0.0381. The zero-order valence-corrected chi connectivity index (χ0v) is 16.9. The first kappa shape index (κ1) is 22.9. The van der Waals surface area contributed by atoms with Gasteiger partial charge in [-0.2, -0.15) is 0 Å². The van der Waals surface area contributed by atoms with E-state index < -0.39 is 6.04 Å². The summed E-state index contributed by atoms with van der Waals surface area (Å²) in [6.45, 7) is 10.0. The fourth-order valence-corrected chi connectivity index (χ4v) is 3.19. The Morgan fingerprint density at radius 3 is 2.38 bits per heavy atom. The van der Waals surface area contributed by atoms with Crippen LogP contribution >= 0.6 is 0 Å². The minimum absolute atomic E-state index is 0.0567. The fraction of sp³-hybridized carbons (Fsp3) is 0.895. The third kappa shape index (κ3) is 10.1. The van der Waals surface area contributed by atoms with Crippen LogP contribution in [0.5, 0.6) is 0 Å². The molecule has 1 aliphatic heterocycles. The summed E-state index contributed by atoms with van der Waals surface area (Å²) in [7, 11) is 0. The third-order valence-electron chi connectivity index (χ3n) is 4.70. The number of likely N-dealkylation sites (tertiary alicyclic amines) is 1. The minimum Gasteiger partial charge on any atom is -0.355 e. The topological polar surface area (TPSA) is 99.5 Å². The predicted molar refractivity (Wildman–Crippen MR) is 106 cm³/mol. The molecule has 1 rings (SSSR count). The van der Waals surface area contributed by atoms with E-state index in [9.17, 15) is 9.59 Å². The molecule has 7 heteroatoms. The van der Waals surface area contributed by atoms with Gasteiger partial charge in [0.1, 0.15) is 0 Å². The van der Waals surface area contributed by atoms with E-state index in [1.165, 1.54) is 0 Å². The first-order valence-electron chi connectivity index (χ1n) is 10.2. The lowest BCUT2D eigenvalue weighted by Gasteiger charge is -2.32. The van der Waals surface area contributed by atoms with E-state index >= 15 is 0 Å². The van der Waals surface area contributed by atoms with Crippen molar-refractivity contribution in [2.75, 3.05) is 32.7 Å². The maximum Gasteiger partial charge on any atom is 0.236 e. The van der Waals surface area contributed by atoms with Crippen LogP contribution in [-0.2, 0) is 9.59 Å². The molecule has 5 N–H and O–H groups in total. The number of rotatable bonds is 12. The number of carbonyl (C=O) groups excluding carboxylic acids is 2. The molecule has 2 amide bonds. The normalized spacial score (nSPS) is 17.3. The summed E-state index contributed by atoms with van der Waals surface area (Å²) in [6, 6.07) is 0.588. The summed E-state index contributed by atoms with van der Waals surface area (Å²) in [5.41, 5.74) is 5.87. The van der Waals surface area contributed by atoms with Crippen molar-refractivity contribution in [2.45, 2.75) is 77.4 Å². The second kappa shape index (κ2) is 13.1. The van der Waals surface area contributed by atoms with Crippen LogP contribution in [0, 0.1) is 0 Å². The van der Waals surface area contributed by atoms with Gasteiger partial charge in [0.25, 0.3) is 0 Å². The number of nitrogens with one attached hydrogen (secondary N) is 3. The second-order valence-electron chi connectivity index (χ2n) is 7.62. The molecule has 152 valence electrons. The molecular weight excluding hydrogens is 330 g/mol. The van der Waals surface area contributed by atoms with E-state index in [2.05, 4.69) is 41.6 Å². The van der Waals surface area contributed by atoms with Gasteiger partial charge in [0.05, 0.1) is 12.6 Å². The van der Waals surface area contributed by atoms with Crippen molar-refractivity contribution in [3.8, 4) is 0 Å². The average Bonchev–Trinajstić information content (AvgIpc) is 2.60. The average molecular weight is 370 g/mol. The number of piperidine rings is 1. The molecule has 0 saturated carbocycles. The first-order valence-corrected chi connectivity index (χ1v) is 10.2. The maximum atomic E-state index is 12.0. The smallest absolute Gasteiger partial charge is 0.236 e. The van der Waals surface area contributed by atoms with Gasteiger partial charge in [-0.15, -0.1) is 0 Å². The van der Waals surface area contributed by atoms with Gasteiger partial charge in [-0.1, -0.05) is 27.2 Å². The highest BCUT2D eigenvalue weighted by Crippen LogP contribution is 2.10. The van der Waals surface area contributed by atoms with Crippen molar-refractivity contribution in [3.63, 3.8) is 0 Å². The third-order valence-corrected chi connectivity index (χ3v) is 4.70. The Hall–Kier alpha value is -1.18. The van der Waals surface area contributed by atoms with E-state index in [4.69, 9.17) is 5.73 Å². The fourth-order valence-electron chi connectivity index (χ4n) is 3.19. The minimum atomic E-state index is -0.490. The monoisotopic (exact) mass is 369 g/mol. The Kier molecular flexibility index (Phi) is 11.5. The molecule has 26 heavy (non-hydrogen) atoms. The molecule has 1 fully saturated rings. The van der Waals surface area contributed by atoms with Crippen LogP contribution in [0.4, 0.5) is 0 Å². The highest BCUT2D eigenvalue weighted by atomic mass is 16.2. The molecule has 0 radical (unpaired) electrons. The van der Waals surface area contributed by atoms with Crippen molar-refractivity contribution in [1.29, 1.82) is 0 Å². The molecule has 0 bridgehead atoms. The Morgan fingerprint density at radius 1 is 1.12 bits per heavy atom. The van der Waals surface area contributed by atoms with Gasteiger partial charge in [0.15, 0.2) is 0 Å². The quantitative estimate of drug-likeness (QED) is 0.377. The number of nitrogens with two attached hydrogens (primary N) is 1. The largest absolute Gasteiger partial charge is 0.355 e. The van der Waals surface area contributed by atoms with Gasteiger partial charge < -0.3 is 21.7 Å². The van der Waals surface area contributed by atoms with Crippen molar-refractivity contribution >= 4 is 11.8 Å². The molecule has 1 atom stereocenters. The lowest BCUT2D eigenvalue weighted by Crippen LogP contribution is -2.47. The Labute approximate surface area is 158 Å². The Balaban J connectivity index is 2.07. The van der Waals surface area contributed by atoms with Gasteiger partial charge >= 0.3 is 0 Å². The summed E-state index contributed by atoms with van der Waals surface area (Å²) in [5, 5.41) is 9.34. The van der Waals surface area contributed by atoms with Crippen molar-refractivity contribution < 1.29 is 9.59 Å². The molecular formula is C19H39N5O2. The van der Waals surface area contributed by atoms with Crippen LogP contribution in [0.1, 0.15) is 59.3 Å². The van der Waals surface area contributed by atoms with Crippen LogP contribution in [0.25, 0.3) is 0 Å². The Bertz CT molecular complexity index is 409. The lowest BCUT2D eigenvalue weighted by atomic mass is 10.0. The molecule has 0 aliphatic carbocycles. The van der Waals surface area contributed by atoms with E-state index in [1.807, 2.05) is 0 Å². The van der Waals surface area contributed by atoms with Crippen molar-refractivity contribution in [3.05, 3.63) is 0 Å². The zero-order chi connectivity index (χ0) is 19.4. The van der Waals surface area contributed by atoms with Crippen LogP contribution < -0.4 is 21.7 Å². The van der Waals surface area contributed by atoms with Crippen molar-refractivity contribution in [1.82, 2.24) is 20.9 Å². The van der Waals surface area contributed by atoms with E-state index in [0.717, 1.165) is 38.8 Å². The number of hydrogen-bond donors (Lipinski definition) is 4. The summed E-state index contributed by atoms with van der Waals surface area (Å²) >= 11 is 0. The number of hydrogen-bond acceptors (Lipinski definition) is 5. The summed E-state index contributed by atoms with van der Waals surface area (Å²) in [4.78, 5) is 26.0. The molecule has 0 aromatic carbocycles. The molecule has 0 spiro atoms. The molecule has 0 aromatic rings. The van der Waals surface area contributed by atoms with Crippen molar-refractivity contribution in [2.24, 2.45) is 5.73 Å². The number of carbonyl (C=O) groups is 2. The molecule has 7 nitrogen and oxygen atoms in total. The van der Waals surface area contributed by atoms with E-state index in [-0.39, 0.29) is 11.8 Å². The van der Waals surface area contributed by atoms with Gasteiger partial charge in [-0.25, -0.2) is 0 Å². The summed E-state index contributed by atoms with van der Waals surface area (Å²) in [6.07, 6.45) is 5.51. The number of nitrogens with zero attached hydrogens (tertiary/aromatic N) is 1. The molecule has 1 aliphatic rings. The van der Waals surface area contributed by atoms with E-state index in [1.54, 1.807) is 0 Å². The molecule has 1 saturated heterocycles. The van der Waals surface area contributed by atoms with Gasteiger partial charge in [-0.05, 0) is 32.1 Å². The number of unbranched alkanes of at least 4 members (excludes halogenated alkanes) is 1.